The molecular weight excluding hydrogens is 188 g/mol. The molecule has 5 heteroatoms. The maximum Gasteiger partial charge on any atom is 0.280 e. The average molecular weight is 203 g/mol. The highest BCUT2D eigenvalue weighted by Gasteiger charge is 2.18. The minimum Gasteiger partial charge on any atom is -0.326 e. The number of aromatic nitrogens is 2. The van der Waals surface area contributed by atoms with Crippen molar-refractivity contribution in [1.29, 1.82) is 0 Å². The van der Waals surface area contributed by atoms with Crippen molar-refractivity contribution in [1.82, 2.24) is 9.78 Å². The van der Waals surface area contributed by atoms with E-state index in [4.69, 9.17) is 5.73 Å². The van der Waals surface area contributed by atoms with Crippen LogP contribution in [0.1, 0.15) is 37.4 Å². The van der Waals surface area contributed by atoms with E-state index in [2.05, 4.69) is 5.10 Å². The molecule has 0 saturated carbocycles. The number of halogens is 2. The van der Waals surface area contributed by atoms with Gasteiger partial charge in [0.2, 0.25) is 0 Å². The van der Waals surface area contributed by atoms with Crippen LogP contribution in [0.2, 0.25) is 0 Å². The Morgan fingerprint density at radius 1 is 1.57 bits per heavy atom. The number of hydrogen-bond acceptors (Lipinski definition) is 2. The Morgan fingerprint density at radius 2 is 2.29 bits per heavy atom. The molecule has 0 spiro atoms. The molecule has 0 fully saturated rings. The first kappa shape index (κ1) is 11.1. The second-order valence-corrected chi connectivity index (χ2v) is 3.14. The van der Waals surface area contributed by atoms with Gasteiger partial charge in [-0.05, 0) is 6.42 Å². The summed E-state index contributed by atoms with van der Waals surface area (Å²) < 4.78 is 26.6. The Morgan fingerprint density at radius 3 is 2.79 bits per heavy atom. The third-order valence-electron chi connectivity index (χ3n) is 2.11. The summed E-state index contributed by atoms with van der Waals surface area (Å²) in [6, 6.07) is 0. The third kappa shape index (κ3) is 2.29. The highest BCUT2D eigenvalue weighted by atomic mass is 19.3. The van der Waals surface area contributed by atoms with Crippen LogP contribution in [0.5, 0.6) is 0 Å². The van der Waals surface area contributed by atoms with E-state index < -0.39 is 6.43 Å². The van der Waals surface area contributed by atoms with E-state index in [1.807, 2.05) is 6.92 Å². The van der Waals surface area contributed by atoms with Gasteiger partial charge in [0.05, 0.1) is 6.20 Å². The fourth-order valence-electron chi connectivity index (χ4n) is 1.33. The first-order chi connectivity index (χ1) is 6.70. The van der Waals surface area contributed by atoms with E-state index in [9.17, 15) is 8.78 Å². The summed E-state index contributed by atoms with van der Waals surface area (Å²) in [6.07, 6.45) is 0.746. The van der Waals surface area contributed by atoms with Crippen molar-refractivity contribution in [2.75, 3.05) is 0 Å². The molecule has 0 aliphatic heterocycles. The van der Waals surface area contributed by atoms with Crippen LogP contribution in [0.15, 0.2) is 6.20 Å². The summed E-state index contributed by atoms with van der Waals surface area (Å²) in [5, 5.41) is 3.90. The van der Waals surface area contributed by atoms with Gasteiger partial charge < -0.3 is 5.73 Å². The Bertz CT molecular complexity index is 284. The zero-order valence-corrected chi connectivity index (χ0v) is 8.21. The molecule has 1 rings (SSSR count). The lowest BCUT2D eigenvalue weighted by molar-refractivity contribution is 0.137. The molecule has 0 saturated heterocycles. The quantitative estimate of drug-likeness (QED) is 0.796. The second-order valence-electron chi connectivity index (χ2n) is 3.14. The van der Waals surface area contributed by atoms with Gasteiger partial charge in [-0.15, -0.1) is 0 Å². The number of nitrogens with two attached hydrogens (primary N) is 1. The molecule has 0 unspecified atom stereocenters. The number of unbranched alkanes of at least 4 members (excludes halogenated alkanes) is 1. The fourth-order valence-corrected chi connectivity index (χ4v) is 1.33. The van der Waals surface area contributed by atoms with Crippen LogP contribution < -0.4 is 5.73 Å². The van der Waals surface area contributed by atoms with Crippen LogP contribution in [-0.2, 0) is 13.1 Å². The van der Waals surface area contributed by atoms with E-state index in [1.54, 1.807) is 0 Å². The van der Waals surface area contributed by atoms with E-state index in [1.165, 1.54) is 10.9 Å². The zero-order chi connectivity index (χ0) is 10.6. The van der Waals surface area contributed by atoms with E-state index >= 15 is 0 Å². The molecule has 1 heterocycles. The van der Waals surface area contributed by atoms with Gasteiger partial charge in [-0.3, -0.25) is 4.68 Å². The number of aryl methyl sites for hydroxylation is 1. The summed E-state index contributed by atoms with van der Waals surface area (Å²) in [5.74, 6) is 0. The molecule has 1 aromatic rings. The van der Waals surface area contributed by atoms with E-state index in [-0.39, 0.29) is 12.2 Å². The predicted octanol–water partition coefficient (Wildman–Crippen LogP) is 2.08. The van der Waals surface area contributed by atoms with Gasteiger partial charge in [-0.2, -0.15) is 5.10 Å². The molecule has 0 aromatic carbocycles. The van der Waals surface area contributed by atoms with Crippen LogP contribution >= 0.6 is 0 Å². The van der Waals surface area contributed by atoms with Gasteiger partial charge in [-0.1, -0.05) is 13.3 Å². The molecule has 0 radical (unpaired) electrons. The van der Waals surface area contributed by atoms with Crippen LogP contribution in [0.3, 0.4) is 0 Å². The minimum absolute atomic E-state index is 0.0269. The molecule has 0 aliphatic carbocycles. The van der Waals surface area contributed by atoms with Gasteiger partial charge in [-0.25, -0.2) is 8.78 Å². The monoisotopic (exact) mass is 203 g/mol. The Labute approximate surface area is 81.9 Å². The maximum atomic E-state index is 12.6. The van der Waals surface area contributed by atoms with Crippen molar-refractivity contribution in [3.8, 4) is 0 Å². The van der Waals surface area contributed by atoms with Crippen molar-refractivity contribution >= 4 is 0 Å². The SMILES string of the molecule is CCCCn1ncc(CN)c1C(F)F. The highest BCUT2D eigenvalue weighted by Crippen LogP contribution is 2.22. The summed E-state index contributed by atoms with van der Waals surface area (Å²) in [7, 11) is 0. The standard InChI is InChI=1S/C9H15F2N3/c1-2-3-4-14-8(9(10)11)7(5-12)6-13-14/h6,9H,2-5,12H2,1H3. The van der Waals surface area contributed by atoms with Crippen molar-refractivity contribution in [3.63, 3.8) is 0 Å². The van der Waals surface area contributed by atoms with Crippen molar-refractivity contribution in [2.45, 2.75) is 39.3 Å². The van der Waals surface area contributed by atoms with Crippen LogP contribution in [-0.4, -0.2) is 9.78 Å². The summed E-state index contributed by atoms with van der Waals surface area (Å²) in [5.41, 5.74) is 5.76. The maximum absolute atomic E-state index is 12.6. The van der Waals surface area contributed by atoms with Crippen molar-refractivity contribution in [2.24, 2.45) is 5.73 Å². The third-order valence-corrected chi connectivity index (χ3v) is 2.11. The fraction of sp³-hybridized carbons (Fsp3) is 0.667. The van der Waals surface area contributed by atoms with E-state index in [0.717, 1.165) is 12.8 Å². The molecular formula is C9H15F2N3. The lowest BCUT2D eigenvalue weighted by Gasteiger charge is -2.07. The normalized spacial score (nSPS) is 11.2. The Hall–Kier alpha value is -0.970. The number of hydrogen-bond donors (Lipinski definition) is 1. The summed E-state index contributed by atoms with van der Waals surface area (Å²) >= 11 is 0. The molecule has 0 atom stereocenters. The molecule has 80 valence electrons. The molecule has 3 nitrogen and oxygen atoms in total. The van der Waals surface area contributed by atoms with E-state index in [0.29, 0.717) is 12.1 Å². The molecule has 14 heavy (non-hydrogen) atoms. The molecule has 1 aromatic heterocycles. The average Bonchev–Trinajstić information content (AvgIpc) is 2.57. The summed E-state index contributed by atoms with van der Waals surface area (Å²) in [4.78, 5) is 0. The number of alkyl halides is 2. The molecule has 0 amide bonds. The van der Waals surface area contributed by atoms with Crippen molar-refractivity contribution in [3.05, 3.63) is 17.5 Å². The van der Waals surface area contributed by atoms with Gasteiger partial charge in [0.15, 0.2) is 0 Å². The topological polar surface area (TPSA) is 43.8 Å². The smallest absolute Gasteiger partial charge is 0.280 e. The van der Waals surface area contributed by atoms with Crippen LogP contribution in [0.4, 0.5) is 8.78 Å². The molecule has 0 bridgehead atoms. The van der Waals surface area contributed by atoms with Crippen molar-refractivity contribution < 1.29 is 8.78 Å². The van der Waals surface area contributed by atoms with Gasteiger partial charge >= 0.3 is 0 Å². The molecule has 2 N–H and O–H groups in total. The molecule has 0 aliphatic rings. The van der Waals surface area contributed by atoms with Gasteiger partial charge in [0.1, 0.15) is 5.69 Å². The number of rotatable bonds is 5. The number of nitrogens with zero attached hydrogens (tertiary/aromatic N) is 2. The summed E-state index contributed by atoms with van der Waals surface area (Å²) in [6.45, 7) is 2.66. The van der Waals surface area contributed by atoms with Crippen LogP contribution in [0, 0.1) is 0 Å². The lowest BCUT2D eigenvalue weighted by atomic mass is 10.2. The highest BCUT2D eigenvalue weighted by molar-refractivity contribution is 5.18. The minimum atomic E-state index is -2.49. The Balaban J connectivity index is 2.87. The second kappa shape index (κ2) is 5.05. The first-order valence-corrected chi connectivity index (χ1v) is 4.73. The zero-order valence-electron chi connectivity index (χ0n) is 8.21. The predicted molar refractivity (Wildman–Crippen MR) is 50.0 cm³/mol. The Kier molecular flexibility index (Phi) is 4.00. The lowest BCUT2D eigenvalue weighted by Crippen LogP contribution is -2.08. The first-order valence-electron chi connectivity index (χ1n) is 4.73. The van der Waals surface area contributed by atoms with Gasteiger partial charge in [0, 0.05) is 18.7 Å². The van der Waals surface area contributed by atoms with Gasteiger partial charge in [0.25, 0.3) is 6.43 Å². The van der Waals surface area contributed by atoms with Crippen LogP contribution in [0.25, 0.3) is 0 Å². The largest absolute Gasteiger partial charge is 0.326 e.